The summed E-state index contributed by atoms with van der Waals surface area (Å²) in [6, 6.07) is 16.8. The molecule has 0 saturated heterocycles. The quantitative estimate of drug-likeness (QED) is 0.552. The third-order valence-electron chi connectivity index (χ3n) is 5.13. The molecule has 1 aliphatic rings. The Kier molecular flexibility index (Phi) is 6.57. The van der Waals surface area contributed by atoms with Crippen LogP contribution in [0.15, 0.2) is 77.7 Å². The van der Waals surface area contributed by atoms with Gasteiger partial charge in [0.15, 0.2) is 5.69 Å². The summed E-state index contributed by atoms with van der Waals surface area (Å²) in [6.45, 7) is 1.32. The molecule has 0 amide bonds. The molecule has 0 atom stereocenters. The highest BCUT2D eigenvalue weighted by molar-refractivity contribution is 5.86. The predicted molar refractivity (Wildman–Crippen MR) is 127 cm³/mol. The summed E-state index contributed by atoms with van der Waals surface area (Å²) >= 11 is 0. The average molecular weight is 428 g/mol. The van der Waals surface area contributed by atoms with Crippen molar-refractivity contribution >= 4 is 23.2 Å². The zero-order valence-electron chi connectivity index (χ0n) is 17.7. The summed E-state index contributed by atoms with van der Waals surface area (Å²) in [5, 5.41) is 15.3. The van der Waals surface area contributed by atoms with Gasteiger partial charge in [-0.05, 0) is 47.9 Å². The molecule has 32 heavy (non-hydrogen) atoms. The summed E-state index contributed by atoms with van der Waals surface area (Å²) in [5.74, 6) is 0.644. The maximum atomic E-state index is 12.6. The van der Waals surface area contributed by atoms with E-state index in [2.05, 4.69) is 16.5 Å². The smallest absolute Gasteiger partial charge is 0.209 e. The molecule has 4 rings (SSSR count). The zero-order chi connectivity index (χ0) is 22.3. The van der Waals surface area contributed by atoms with Gasteiger partial charge in [0.2, 0.25) is 5.43 Å². The maximum absolute atomic E-state index is 12.6. The second-order valence-corrected chi connectivity index (χ2v) is 7.15. The molecular formula is C25H24N4O3. The van der Waals surface area contributed by atoms with E-state index < -0.39 is 0 Å². The van der Waals surface area contributed by atoms with Gasteiger partial charge in [-0.25, -0.2) is 4.68 Å². The lowest BCUT2D eigenvalue weighted by Gasteiger charge is -2.17. The van der Waals surface area contributed by atoms with Gasteiger partial charge in [-0.3, -0.25) is 4.79 Å². The number of rotatable bonds is 7. The Morgan fingerprint density at radius 3 is 2.78 bits per heavy atom. The summed E-state index contributed by atoms with van der Waals surface area (Å²) in [6.07, 6.45) is 7.19. The third-order valence-corrected chi connectivity index (χ3v) is 5.13. The van der Waals surface area contributed by atoms with Gasteiger partial charge in [0.25, 0.3) is 0 Å². The minimum absolute atomic E-state index is 0.207. The number of benzene rings is 2. The Bertz CT molecular complexity index is 1230. The highest BCUT2D eigenvalue weighted by Gasteiger charge is 2.14. The van der Waals surface area contributed by atoms with Crippen LogP contribution in [0.5, 0.6) is 5.75 Å². The van der Waals surface area contributed by atoms with E-state index in [9.17, 15) is 4.79 Å². The number of hydrogen-bond acceptors (Lipinski definition) is 6. The number of hydrogen-bond donors (Lipinski definition) is 2. The van der Waals surface area contributed by atoms with Gasteiger partial charge in [-0.2, -0.15) is 5.10 Å². The normalized spacial score (nSPS) is 13.9. The van der Waals surface area contributed by atoms with Crippen molar-refractivity contribution in [2.24, 2.45) is 0 Å². The minimum Gasteiger partial charge on any atom is -0.494 e. The Balaban J connectivity index is 1.73. The first-order chi connectivity index (χ1) is 15.7. The lowest BCUT2D eigenvalue weighted by atomic mass is 10.0. The molecule has 1 aliphatic heterocycles. The van der Waals surface area contributed by atoms with Crippen LogP contribution in [0.2, 0.25) is 0 Å². The third kappa shape index (κ3) is 4.68. The highest BCUT2D eigenvalue weighted by atomic mass is 16.5. The number of nitrogens with one attached hydrogen (secondary N) is 2. The van der Waals surface area contributed by atoms with Gasteiger partial charge in [0.05, 0.1) is 26.0 Å². The lowest BCUT2D eigenvalue weighted by molar-refractivity contribution is 0.161. The number of methoxy groups -OCH3 is 1. The van der Waals surface area contributed by atoms with Crippen LogP contribution < -0.4 is 15.5 Å². The average Bonchev–Trinajstić information content (AvgIpc) is 2.85. The van der Waals surface area contributed by atoms with Gasteiger partial charge >= 0.3 is 0 Å². The lowest BCUT2D eigenvalue weighted by Crippen LogP contribution is -2.18. The predicted octanol–water partition coefficient (Wildman–Crippen LogP) is 4.15. The van der Waals surface area contributed by atoms with Crippen LogP contribution >= 0.6 is 0 Å². The second-order valence-electron chi connectivity index (χ2n) is 7.15. The fourth-order valence-electron chi connectivity index (χ4n) is 3.52. The van der Waals surface area contributed by atoms with Crippen LogP contribution in [0.1, 0.15) is 17.7 Å². The number of aromatic nitrogens is 2. The van der Waals surface area contributed by atoms with Gasteiger partial charge < -0.3 is 20.2 Å². The molecule has 3 aromatic rings. The maximum Gasteiger partial charge on any atom is 0.209 e. The molecule has 2 aromatic carbocycles. The molecular weight excluding hydrogens is 404 g/mol. The van der Waals surface area contributed by atoms with Crippen molar-refractivity contribution in [3.05, 3.63) is 94.4 Å². The van der Waals surface area contributed by atoms with Crippen molar-refractivity contribution in [1.29, 1.82) is 5.41 Å². The Labute approximate surface area is 186 Å². The summed E-state index contributed by atoms with van der Waals surface area (Å²) in [5.41, 5.74) is 4.19. The molecule has 0 aliphatic carbocycles. The largest absolute Gasteiger partial charge is 0.494 e. The van der Waals surface area contributed by atoms with Crippen molar-refractivity contribution in [2.45, 2.75) is 6.42 Å². The molecule has 0 saturated carbocycles. The Hall–Kier alpha value is -3.97. The molecule has 1 aromatic heterocycles. The Morgan fingerprint density at radius 2 is 2.06 bits per heavy atom. The van der Waals surface area contributed by atoms with Crippen molar-refractivity contribution in [3.63, 3.8) is 0 Å². The van der Waals surface area contributed by atoms with E-state index in [1.165, 1.54) is 17.7 Å². The van der Waals surface area contributed by atoms with E-state index in [0.717, 1.165) is 23.9 Å². The number of nitrogens with zero attached hydrogens (tertiary/aromatic N) is 2. The highest BCUT2D eigenvalue weighted by Crippen LogP contribution is 2.29. The van der Waals surface area contributed by atoms with Crippen molar-refractivity contribution in [3.8, 4) is 11.4 Å². The fourth-order valence-corrected chi connectivity index (χ4v) is 3.52. The van der Waals surface area contributed by atoms with Gasteiger partial charge in [-0.15, -0.1) is 0 Å². The van der Waals surface area contributed by atoms with Crippen LogP contribution in [0.4, 0.5) is 5.69 Å². The van der Waals surface area contributed by atoms with Crippen LogP contribution in [-0.2, 0) is 4.74 Å². The summed E-state index contributed by atoms with van der Waals surface area (Å²) in [4.78, 5) is 12.6. The van der Waals surface area contributed by atoms with E-state index in [1.54, 1.807) is 18.0 Å². The first-order valence-corrected chi connectivity index (χ1v) is 10.3. The first kappa shape index (κ1) is 21.3. The van der Waals surface area contributed by atoms with E-state index in [-0.39, 0.29) is 11.1 Å². The van der Waals surface area contributed by atoms with Gasteiger partial charge in [-0.1, -0.05) is 30.3 Å². The fraction of sp³-hybridized carbons (Fsp3) is 0.160. The molecule has 2 N–H and O–H groups in total. The van der Waals surface area contributed by atoms with Crippen LogP contribution in [0.3, 0.4) is 0 Å². The van der Waals surface area contributed by atoms with Crippen LogP contribution in [-0.4, -0.2) is 36.3 Å². The molecule has 0 radical (unpaired) electrons. The molecule has 162 valence electrons. The molecule has 7 heteroatoms. The summed E-state index contributed by atoms with van der Waals surface area (Å²) in [7, 11) is 1.61. The molecule has 0 fully saturated rings. The monoisotopic (exact) mass is 428 g/mol. The number of ether oxygens (including phenoxy) is 2. The first-order valence-electron chi connectivity index (χ1n) is 10.3. The molecule has 0 bridgehead atoms. The molecule has 0 unspecified atom stereocenters. The summed E-state index contributed by atoms with van der Waals surface area (Å²) < 4.78 is 12.7. The van der Waals surface area contributed by atoms with E-state index in [4.69, 9.17) is 14.9 Å². The van der Waals surface area contributed by atoms with Gasteiger partial charge in [0.1, 0.15) is 11.4 Å². The minimum atomic E-state index is -0.249. The number of para-hydroxylation sites is 1. The van der Waals surface area contributed by atoms with E-state index in [1.807, 2.05) is 48.5 Å². The van der Waals surface area contributed by atoms with Gasteiger partial charge in [0, 0.05) is 24.2 Å². The van der Waals surface area contributed by atoms with Crippen molar-refractivity contribution in [2.75, 3.05) is 25.6 Å². The van der Waals surface area contributed by atoms with E-state index >= 15 is 0 Å². The van der Waals surface area contributed by atoms with Crippen LogP contribution in [0, 0.1) is 5.41 Å². The zero-order valence-corrected chi connectivity index (χ0v) is 17.7. The Morgan fingerprint density at radius 1 is 1.22 bits per heavy atom. The second kappa shape index (κ2) is 9.89. The standard InChI is InChI=1S/C25H24N4O3/c1-31-24-17-19(18-11-15-32-16-12-18)7-8-22(24)29-14-10-23(30)25(28-29)21(9-13-26)27-20-5-3-2-4-6-20/h2-11,13-14,17,26-27H,12,15-16H2,1H3/b21-9-,26-13?. The molecule has 7 nitrogen and oxygen atoms in total. The number of allylic oxidation sites excluding steroid dienone is 1. The molecule has 0 spiro atoms. The van der Waals surface area contributed by atoms with Crippen LogP contribution in [0.25, 0.3) is 17.0 Å². The molecule has 2 heterocycles. The number of anilines is 1. The van der Waals surface area contributed by atoms with Crippen molar-refractivity contribution < 1.29 is 9.47 Å². The SMILES string of the molecule is COc1cc(C2=CCOCC2)ccc1-n1ccc(=O)c(/C(=C/C=N)Nc2ccccc2)n1. The topological polar surface area (TPSA) is 89.2 Å². The van der Waals surface area contributed by atoms with E-state index in [0.29, 0.717) is 30.3 Å². The van der Waals surface area contributed by atoms with Crippen molar-refractivity contribution in [1.82, 2.24) is 9.78 Å².